The highest BCUT2D eigenvalue weighted by atomic mass is 32.2. The Morgan fingerprint density at radius 2 is 2.20 bits per heavy atom. The van der Waals surface area contributed by atoms with Gasteiger partial charge in [-0.25, -0.2) is 4.98 Å². The van der Waals surface area contributed by atoms with Crippen molar-refractivity contribution in [1.82, 2.24) is 14.9 Å². The summed E-state index contributed by atoms with van der Waals surface area (Å²) >= 11 is 2.95. The van der Waals surface area contributed by atoms with E-state index >= 15 is 0 Å². The average molecular weight is 446 g/mol. The molecule has 4 rings (SSSR count). The molecule has 2 aliphatic rings. The molecule has 0 aliphatic carbocycles. The van der Waals surface area contributed by atoms with Crippen molar-refractivity contribution in [2.24, 2.45) is 0 Å². The molecule has 1 aromatic heterocycles. The van der Waals surface area contributed by atoms with E-state index in [1.54, 1.807) is 16.3 Å². The first-order valence-corrected chi connectivity index (χ1v) is 12.3. The van der Waals surface area contributed by atoms with Gasteiger partial charge >= 0.3 is 0 Å². The third kappa shape index (κ3) is 5.28. The van der Waals surface area contributed by atoms with Crippen LogP contribution in [0.4, 0.5) is 0 Å². The second-order valence-corrected chi connectivity index (χ2v) is 10.1. The zero-order chi connectivity index (χ0) is 20.9. The van der Waals surface area contributed by atoms with Crippen molar-refractivity contribution in [1.29, 1.82) is 0 Å². The van der Waals surface area contributed by atoms with E-state index in [4.69, 9.17) is 9.72 Å². The quantitative estimate of drug-likeness (QED) is 0.498. The zero-order valence-electron chi connectivity index (χ0n) is 17.1. The molecular formula is C22H27N3O3S2. The van der Waals surface area contributed by atoms with E-state index in [1.807, 2.05) is 18.2 Å². The van der Waals surface area contributed by atoms with Crippen LogP contribution in [0.3, 0.4) is 0 Å². The molecule has 2 aromatic rings. The Balaban J connectivity index is 1.46. The maximum Gasteiger partial charge on any atom is 0.268 e. The van der Waals surface area contributed by atoms with Crippen LogP contribution in [-0.4, -0.2) is 45.7 Å². The normalized spacial score (nSPS) is 20.3. The number of carbonyl (C=O) groups excluding carboxylic acids is 1. The smallest absolute Gasteiger partial charge is 0.268 e. The zero-order valence-corrected chi connectivity index (χ0v) is 18.8. The summed E-state index contributed by atoms with van der Waals surface area (Å²) in [5.41, 5.74) is 2.07. The Labute approximate surface area is 185 Å². The largest absolute Gasteiger partial charge is 0.376 e. The minimum absolute atomic E-state index is 0.0209. The van der Waals surface area contributed by atoms with Crippen LogP contribution in [-0.2, 0) is 28.9 Å². The maximum absolute atomic E-state index is 13.2. The van der Waals surface area contributed by atoms with Gasteiger partial charge in [0.15, 0.2) is 5.16 Å². The SMILES string of the molecule is C[C@@H]1Cc2nc(SCC(=O)NC[C@@H]3CCCO3)n(CCc3ccccc3)c(=O)c2S1. The van der Waals surface area contributed by atoms with Gasteiger partial charge < -0.3 is 10.1 Å². The fourth-order valence-electron chi connectivity index (χ4n) is 3.74. The Kier molecular flexibility index (Phi) is 7.17. The van der Waals surface area contributed by atoms with E-state index in [-0.39, 0.29) is 23.3 Å². The summed E-state index contributed by atoms with van der Waals surface area (Å²) in [5.74, 6) is 0.189. The van der Waals surface area contributed by atoms with Crippen LogP contribution in [0.1, 0.15) is 31.0 Å². The molecule has 2 atom stereocenters. The van der Waals surface area contributed by atoms with Crippen molar-refractivity contribution in [2.45, 2.75) is 60.6 Å². The maximum atomic E-state index is 13.2. The van der Waals surface area contributed by atoms with Gasteiger partial charge in [-0.3, -0.25) is 14.2 Å². The summed E-state index contributed by atoms with van der Waals surface area (Å²) in [6.45, 7) is 3.99. The molecule has 30 heavy (non-hydrogen) atoms. The van der Waals surface area contributed by atoms with Crippen LogP contribution >= 0.6 is 23.5 Å². The van der Waals surface area contributed by atoms with Crippen LogP contribution in [0, 0.1) is 0 Å². The van der Waals surface area contributed by atoms with E-state index in [2.05, 4.69) is 24.4 Å². The lowest BCUT2D eigenvalue weighted by atomic mass is 10.1. The predicted octanol–water partition coefficient (Wildman–Crippen LogP) is 2.91. The van der Waals surface area contributed by atoms with E-state index in [0.717, 1.165) is 42.9 Å². The van der Waals surface area contributed by atoms with Crippen LogP contribution in [0.15, 0.2) is 45.2 Å². The average Bonchev–Trinajstić information content (AvgIpc) is 3.40. The number of aryl methyl sites for hydroxylation is 1. The van der Waals surface area contributed by atoms with Gasteiger partial charge in [0, 0.05) is 31.4 Å². The van der Waals surface area contributed by atoms with Gasteiger partial charge in [-0.05, 0) is 24.8 Å². The second-order valence-electron chi connectivity index (χ2n) is 7.72. The number of hydrogen-bond acceptors (Lipinski definition) is 6. The Morgan fingerprint density at radius 3 is 2.97 bits per heavy atom. The number of nitrogens with one attached hydrogen (secondary N) is 1. The topological polar surface area (TPSA) is 73.2 Å². The molecule has 0 bridgehead atoms. The molecule has 1 fully saturated rings. The van der Waals surface area contributed by atoms with Gasteiger partial charge in [0.1, 0.15) is 0 Å². The fourth-order valence-corrected chi connectivity index (χ4v) is 5.73. The number of carbonyl (C=O) groups is 1. The number of benzene rings is 1. The van der Waals surface area contributed by atoms with Crippen molar-refractivity contribution in [2.75, 3.05) is 18.9 Å². The van der Waals surface area contributed by atoms with Crippen LogP contribution in [0.2, 0.25) is 0 Å². The molecule has 1 saturated heterocycles. The number of hydrogen-bond donors (Lipinski definition) is 1. The van der Waals surface area contributed by atoms with Crippen molar-refractivity contribution in [3.63, 3.8) is 0 Å². The van der Waals surface area contributed by atoms with Gasteiger partial charge in [0.25, 0.3) is 5.56 Å². The first-order chi connectivity index (χ1) is 14.6. The fraction of sp³-hybridized carbons (Fsp3) is 0.500. The summed E-state index contributed by atoms with van der Waals surface area (Å²) < 4.78 is 7.30. The molecule has 0 radical (unpaired) electrons. The molecule has 1 amide bonds. The van der Waals surface area contributed by atoms with E-state index in [9.17, 15) is 9.59 Å². The van der Waals surface area contributed by atoms with Gasteiger partial charge in [-0.15, -0.1) is 11.8 Å². The summed E-state index contributed by atoms with van der Waals surface area (Å²) in [6, 6.07) is 10.1. The van der Waals surface area contributed by atoms with Crippen molar-refractivity contribution >= 4 is 29.4 Å². The summed E-state index contributed by atoms with van der Waals surface area (Å²) in [5, 5.41) is 3.94. The van der Waals surface area contributed by atoms with Gasteiger partial charge in [0.2, 0.25) is 5.91 Å². The first-order valence-electron chi connectivity index (χ1n) is 10.5. The molecular weight excluding hydrogens is 418 g/mol. The van der Waals surface area contributed by atoms with E-state index < -0.39 is 0 Å². The Hall–Kier alpha value is -1.77. The minimum Gasteiger partial charge on any atom is -0.376 e. The number of nitrogens with zero attached hydrogens (tertiary/aromatic N) is 2. The number of aromatic nitrogens is 2. The minimum atomic E-state index is -0.0531. The summed E-state index contributed by atoms with van der Waals surface area (Å²) in [4.78, 5) is 31.0. The predicted molar refractivity (Wildman–Crippen MR) is 120 cm³/mol. The molecule has 2 aliphatic heterocycles. The van der Waals surface area contributed by atoms with Crippen molar-refractivity contribution in [3.05, 3.63) is 51.9 Å². The molecule has 0 spiro atoms. The van der Waals surface area contributed by atoms with Crippen LogP contribution in [0.5, 0.6) is 0 Å². The van der Waals surface area contributed by atoms with Gasteiger partial charge in [-0.1, -0.05) is 49.0 Å². The molecule has 160 valence electrons. The standard InChI is InChI=1S/C22H27N3O3S2/c1-15-12-18-20(30-15)21(27)25(10-9-16-6-3-2-4-7-16)22(24-18)29-14-19(26)23-13-17-8-5-11-28-17/h2-4,6-7,15,17H,5,8-14H2,1H3,(H,23,26)/t15-,17+/m1/s1. The third-order valence-corrected chi connectivity index (χ3v) is 7.50. The van der Waals surface area contributed by atoms with Gasteiger partial charge in [-0.2, -0.15) is 0 Å². The molecule has 1 N–H and O–H groups in total. The number of fused-ring (bicyclic) bond motifs is 1. The number of thioether (sulfide) groups is 2. The Bertz CT molecular complexity index is 943. The molecule has 6 nitrogen and oxygen atoms in total. The highest BCUT2D eigenvalue weighted by molar-refractivity contribution is 8.00. The third-order valence-electron chi connectivity index (χ3n) is 5.31. The summed E-state index contributed by atoms with van der Waals surface area (Å²) in [6.07, 6.45) is 3.72. The highest BCUT2D eigenvalue weighted by Crippen LogP contribution is 2.34. The summed E-state index contributed by atoms with van der Waals surface area (Å²) in [7, 11) is 0. The molecule has 8 heteroatoms. The molecule has 3 heterocycles. The van der Waals surface area contributed by atoms with Gasteiger partial charge in [0.05, 0.1) is 22.4 Å². The number of amides is 1. The van der Waals surface area contributed by atoms with Crippen molar-refractivity contribution < 1.29 is 9.53 Å². The first kappa shape index (κ1) is 21.5. The second kappa shape index (κ2) is 10.0. The lowest BCUT2D eigenvalue weighted by molar-refractivity contribution is -0.119. The number of rotatable bonds is 8. The lowest BCUT2D eigenvalue weighted by Crippen LogP contribution is -2.33. The van der Waals surface area contributed by atoms with Crippen LogP contribution in [0.25, 0.3) is 0 Å². The number of ether oxygens (including phenoxy) is 1. The molecule has 1 aromatic carbocycles. The monoisotopic (exact) mass is 445 g/mol. The van der Waals surface area contributed by atoms with Crippen LogP contribution < -0.4 is 10.9 Å². The van der Waals surface area contributed by atoms with E-state index in [1.165, 1.54) is 17.3 Å². The van der Waals surface area contributed by atoms with E-state index in [0.29, 0.717) is 23.5 Å². The Morgan fingerprint density at radius 1 is 1.37 bits per heavy atom. The lowest BCUT2D eigenvalue weighted by Gasteiger charge is -2.14. The highest BCUT2D eigenvalue weighted by Gasteiger charge is 2.26. The molecule has 0 saturated carbocycles. The van der Waals surface area contributed by atoms with Crippen molar-refractivity contribution in [3.8, 4) is 0 Å². The molecule has 0 unspecified atom stereocenters.